The molecule has 2 nitrogen and oxygen atoms in total. The molecular weight excluding hydrogens is 179 g/mol. The van der Waals surface area contributed by atoms with Gasteiger partial charge in [0, 0.05) is 26.2 Å². The van der Waals surface area contributed by atoms with E-state index in [4.69, 9.17) is 0 Å². The fourth-order valence-electron chi connectivity index (χ4n) is 1.19. The molecule has 3 heteroatoms. The molecule has 0 spiro atoms. The average molecular weight is 196 g/mol. The van der Waals surface area contributed by atoms with Crippen LogP contribution >= 0.6 is 0 Å². The van der Waals surface area contributed by atoms with Crippen molar-refractivity contribution in [2.45, 2.75) is 0 Å². The maximum Gasteiger partial charge on any atom is 0.123 e. The molecule has 0 aromatic heterocycles. The molecule has 1 heterocycles. The molecule has 1 aromatic rings. The van der Waals surface area contributed by atoms with E-state index in [2.05, 4.69) is 17.3 Å². The van der Waals surface area contributed by atoms with Crippen LogP contribution in [0.25, 0.3) is 0 Å². The monoisotopic (exact) mass is 196 g/mol. The van der Waals surface area contributed by atoms with Gasteiger partial charge in [0.2, 0.25) is 0 Å². The Morgan fingerprint density at radius 2 is 1.71 bits per heavy atom. The normalized spacial score (nSPS) is 17.0. The molecule has 0 aliphatic carbocycles. The van der Waals surface area contributed by atoms with E-state index < -0.39 is 0 Å². The number of benzene rings is 1. The molecule has 0 amide bonds. The standard InChI is InChI=1S/C6H5F.C5H12N2/c7-6-4-2-1-3-5-6;1-7-4-2-6-3-5-7/h1-5H;6H,2-5H2,1H3. The SMILES string of the molecule is CN1CCNCC1.Fc1ccccc1. The highest BCUT2D eigenvalue weighted by atomic mass is 19.1. The Kier molecular flexibility index (Phi) is 5.19. The van der Waals surface area contributed by atoms with Crippen molar-refractivity contribution in [2.24, 2.45) is 0 Å². The number of halogens is 1. The number of likely N-dealkylation sites (N-methyl/N-ethyl adjacent to an activating group) is 1. The molecule has 1 aliphatic heterocycles. The van der Waals surface area contributed by atoms with Crippen LogP contribution in [0.1, 0.15) is 0 Å². The molecule has 1 fully saturated rings. The van der Waals surface area contributed by atoms with Crippen LogP contribution in [0, 0.1) is 5.82 Å². The van der Waals surface area contributed by atoms with E-state index in [1.165, 1.54) is 25.2 Å². The summed E-state index contributed by atoms with van der Waals surface area (Å²) in [6, 6.07) is 7.94. The molecule has 14 heavy (non-hydrogen) atoms. The Balaban J connectivity index is 0.000000140. The van der Waals surface area contributed by atoms with Crippen LogP contribution < -0.4 is 5.32 Å². The van der Waals surface area contributed by atoms with Crippen LogP contribution in [-0.2, 0) is 0 Å². The quantitative estimate of drug-likeness (QED) is 0.673. The van der Waals surface area contributed by atoms with E-state index >= 15 is 0 Å². The summed E-state index contributed by atoms with van der Waals surface area (Å²) in [5.74, 6) is -0.178. The van der Waals surface area contributed by atoms with Crippen molar-refractivity contribution in [2.75, 3.05) is 33.2 Å². The second-order valence-electron chi connectivity index (χ2n) is 3.35. The molecule has 1 saturated heterocycles. The lowest BCUT2D eigenvalue weighted by molar-refractivity contribution is 0.291. The summed E-state index contributed by atoms with van der Waals surface area (Å²) in [5.41, 5.74) is 0. The van der Waals surface area contributed by atoms with Crippen molar-refractivity contribution in [1.29, 1.82) is 0 Å². The van der Waals surface area contributed by atoms with E-state index in [1.807, 2.05) is 0 Å². The third-order valence-electron chi connectivity index (χ3n) is 2.07. The lowest BCUT2D eigenvalue weighted by Gasteiger charge is -2.21. The first-order valence-corrected chi connectivity index (χ1v) is 4.89. The summed E-state index contributed by atoms with van der Waals surface area (Å²) in [5, 5.41) is 3.27. The summed E-state index contributed by atoms with van der Waals surface area (Å²) in [6.07, 6.45) is 0. The first-order chi connectivity index (χ1) is 6.79. The average Bonchev–Trinajstić information content (AvgIpc) is 2.21. The zero-order valence-corrected chi connectivity index (χ0v) is 8.54. The number of piperazine rings is 1. The van der Waals surface area contributed by atoms with Crippen molar-refractivity contribution in [3.05, 3.63) is 36.1 Å². The Morgan fingerprint density at radius 3 is 2.00 bits per heavy atom. The molecule has 1 aromatic carbocycles. The Morgan fingerprint density at radius 1 is 1.14 bits per heavy atom. The topological polar surface area (TPSA) is 15.3 Å². The molecule has 1 aliphatic rings. The molecular formula is C11H17FN2. The predicted molar refractivity (Wildman–Crippen MR) is 56.8 cm³/mol. The van der Waals surface area contributed by atoms with Crippen LogP contribution in [-0.4, -0.2) is 38.1 Å². The number of hydrogen-bond acceptors (Lipinski definition) is 2. The number of rotatable bonds is 0. The van der Waals surface area contributed by atoms with Crippen LogP contribution in [0.15, 0.2) is 30.3 Å². The van der Waals surface area contributed by atoms with Gasteiger partial charge in [-0.15, -0.1) is 0 Å². The highest BCUT2D eigenvalue weighted by molar-refractivity contribution is 5.02. The zero-order chi connectivity index (χ0) is 10.2. The summed E-state index contributed by atoms with van der Waals surface area (Å²) < 4.78 is 11.9. The Hall–Kier alpha value is -0.930. The van der Waals surface area contributed by atoms with Crippen molar-refractivity contribution in [3.8, 4) is 0 Å². The third-order valence-corrected chi connectivity index (χ3v) is 2.07. The third kappa shape index (κ3) is 4.94. The Bertz CT molecular complexity index is 232. The van der Waals surface area contributed by atoms with Crippen LogP contribution in [0.2, 0.25) is 0 Å². The summed E-state index contributed by atoms with van der Waals surface area (Å²) >= 11 is 0. The summed E-state index contributed by atoms with van der Waals surface area (Å²) in [7, 11) is 2.15. The molecule has 0 atom stereocenters. The summed E-state index contributed by atoms with van der Waals surface area (Å²) in [4.78, 5) is 2.33. The van der Waals surface area contributed by atoms with E-state index in [0.717, 1.165) is 13.1 Å². The maximum absolute atomic E-state index is 11.9. The van der Waals surface area contributed by atoms with Gasteiger partial charge in [0.15, 0.2) is 0 Å². The molecule has 0 radical (unpaired) electrons. The number of nitrogens with one attached hydrogen (secondary N) is 1. The van der Waals surface area contributed by atoms with E-state index in [-0.39, 0.29) is 5.82 Å². The Labute approximate surface area is 84.7 Å². The number of hydrogen-bond donors (Lipinski definition) is 1. The largest absolute Gasteiger partial charge is 0.314 e. The van der Waals surface area contributed by atoms with Gasteiger partial charge in [0.25, 0.3) is 0 Å². The second-order valence-corrected chi connectivity index (χ2v) is 3.35. The highest BCUT2D eigenvalue weighted by Gasteiger charge is 2.01. The van der Waals surface area contributed by atoms with E-state index in [0.29, 0.717) is 0 Å². The minimum Gasteiger partial charge on any atom is -0.314 e. The lowest BCUT2D eigenvalue weighted by Crippen LogP contribution is -2.40. The van der Waals surface area contributed by atoms with Gasteiger partial charge in [0.05, 0.1) is 0 Å². The van der Waals surface area contributed by atoms with Gasteiger partial charge in [-0.2, -0.15) is 0 Å². The van der Waals surface area contributed by atoms with Crippen molar-refractivity contribution in [1.82, 2.24) is 10.2 Å². The lowest BCUT2D eigenvalue weighted by atomic mass is 10.4. The summed E-state index contributed by atoms with van der Waals surface area (Å²) in [6.45, 7) is 4.74. The molecule has 1 N–H and O–H groups in total. The molecule has 2 rings (SSSR count). The second kappa shape index (κ2) is 6.51. The van der Waals surface area contributed by atoms with Gasteiger partial charge in [-0.25, -0.2) is 4.39 Å². The minimum absolute atomic E-state index is 0.178. The minimum atomic E-state index is -0.178. The van der Waals surface area contributed by atoms with Gasteiger partial charge in [0.1, 0.15) is 5.82 Å². The van der Waals surface area contributed by atoms with Crippen molar-refractivity contribution < 1.29 is 4.39 Å². The molecule has 0 saturated carbocycles. The fourth-order valence-corrected chi connectivity index (χ4v) is 1.19. The van der Waals surface area contributed by atoms with E-state index in [9.17, 15) is 4.39 Å². The van der Waals surface area contributed by atoms with Gasteiger partial charge in [-0.05, 0) is 19.2 Å². The molecule has 78 valence electrons. The highest BCUT2D eigenvalue weighted by Crippen LogP contribution is 1.91. The van der Waals surface area contributed by atoms with Gasteiger partial charge >= 0.3 is 0 Å². The van der Waals surface area contributed by atoms with Crippen molar-refractivity contribution >= 4 is 0 Å². The van der Waals surface area contributed by atoms with Gasteiger partial charge in [-0.1, -0.05) is 18.2 Å². The predicted octanol–water partition coefficient (Wildman–Crippen LogP) is 1.35. The first kappa shape index (κ1) is 11.1. The van der Waals surface area contributed by atoms with Crippen LogP contribution in [0.4, 0.5) is 4.39 Å². The van der Waals surface area contributed by atoms with Gasteiger partial charge < -0.3 is 10.2 Å². The van der Waals surface area contributed by atoms with Gasteiger partial charge in [-0.3, -0.25) is 0 Å². The first-order valence-electron chi connectivity index (χ1n) is 4.89. The smallest absolute Gasteiger partial charge is 0.123 e. The molecule has 0 unspecified atom stereocenters. The van der Waals surface area contributed by atoms with Crippen LogP contribution in [0.5, 0.6) is 0 Å². The van der Waals surface area contributed by atoms with E-state index in [1.54, 1.807) is 18.2 Å². The fraction of sp³-hybridized carbons (Fsp3) is 0.455. The van der Waals surface area contributed by atoms with Crippen molar-refractivity contribution in [3.63, 3.8) is 0 Å². The molecule has 0 bridgehead atoms. The zero-order valence-electron chi connectivity index (χ0n) is 8.54. The number of nitrogens with zero attached hydrogens (tertiary/aromatic N) is 1. The maximum atomic E-state index is 11.9. The van der Waals surface area contributed by atoms with Crippen LogP contribution in [0.3, 0.4) is 0 Å².